The first-order chi connectivity index (χ1) is 13.0. The molecule has 0 fully saturated rings. The molecule has 0 aliphatic carbocycles. The number of nitrogens with zero attached hydrogens (tertiary/aromatic N) is 2. The number of hydrogen-bond acceptors (Lipinski definition) is 6. The number of rotatable bonds is 7. The lowest BCUT2D eigenvalue weighted by Gasteiger charge is -2.06. The van der Waals surface area contributed by atoms with Gasteiger partial charge in [-0.15, -0.1) is 10.2 Å². The number of carbonyl (C=O) groups is 1. The molecular formula is C19H18ClN3O3S. The molecule has 0 bridgehead atoms. The average Bonchev–Trinajstić information content (AvgIpc) is 3.11. The van der Waals surface area contributed by atoms with Gasteiger partial charge in [0, 0.05) is 10.7 Å². The Labute approximate surface area is 166 Å². The predicted octanol–water partition coefficient (Wildman–Crippen LogP) is 4.65. The Morgan fingerprint density at radius 2 is 1.93 bits per heavy atom. The molecule has 6 nitrogen and oxygen atoms in total. The van der Waals surface area contributed by atoms with Crippen molar-refractivity contribution in [1.29, 1.82) is 0 Å². The monoisotopic (exact) mass is 403 g/mol. The van der Waals surface area contributed by atoms with E-state index in [-0.39, 0.29) is 18.3 Å². The zero-order valence-corrected chi connectivity index (χ0v) is 16.4. The van der Waals surface area contributed by atoms with Gasteiger partial charge in [-0.3, -0.25) is 4.79 Å². The molecular weight excluding hydrogens is 386 g/mol. The van der Waals surface area contributed by atoms with Crippen LogP contribution in [-0.4, -0.2) is 21.9 Å². The Morgan fingerprint density at radius 3 is 2.67 bits per heavy atom. The second-order valence-electron chi connectivity index (χ2n) is 5.84. The fourth-order valence-corrected chi connectivity index (χ4v) is 2.87. The van der Waals surface area contributed by atoms with Gasteiger partial charge in [-0.1, -0.05) is 29.4 Å². The van der Waals surface area contributed by atoms with Crippen LogP contribution in [-0.2, 0) is 11.4 Å². The number of amides is 1. The molecule has 3 rings (SSSR count). The van der Waals surface area contributed by atoms with Crippen molar-refractivity contribution in [2.24, 2.45) is 0 Å². The van der Waals surface area contributed by atoms with E-state index in [9.17, 15) is 4.79 Å². The molecule has 8 heteroatoms. The van der Waals surface area contributed by atoms with E-state index in [0.29, 0.717) is 21.8 Å². The summed E-state index contributed by atoms with van der Waals surface area (Å²) in [4.78, 5) is 12.0. The minimum absolute atomic E-state index is 0.155. The summed E-state index contributed by atoms with van der Waals surface area (Å²) in [6.45, 7) is 4.25. The molecule has 0 aliphatic heterocycles. The molecule has 3 aromatic rings. The highest BCUT2D eigenvalue weighted by Gasteiger charge is 2.11. The van der Waals surface area contributed by atoms with Crippen molar-refractivity contribution < 1.29 is 13.9 Å². The molecule has 1 N–H and O–H groups in total. The first-order valence-corrected chi connectivity index (χ1v) is 9.56. The van der Waals surface area contributed by atoms with Gasteiger partial charge in [-0.2, -0.15) is 0 Å². The van der Waals surface area contributed by atoms with Crippen LogP contribution in [0.2, 0.25) is 5.02 Å². The van der Waals surface area contributed by atoms with Crippen LogP contribution in [0, 0.1) is 13.8 Å². The third-order valence-electron chi connectivity index (χ3n) is 3.74. The van der Waals surface area contributed by atoms with Crippen LogP contribution in [0.4, 0.5) is 5.69 Å². The topological polar surface area (TPSA) is 77.2 Å². The van der Waals surface area contributed by atoms with Gasteiger partial charge >= 0.3 is 0 Å². The number of carbonyl (C=O) groups excluding carboxylic acids is 1. The normalized spacial score (nSPS) is 10.6. The Morgan fingerprint density at radius 1 is 1.15 bits per heavy atom. The molecule has 0 atom stereocenters. The second kappa shape index (κ2) is 8.92. The summed E-state index contributed by atoms with van der Waals surface area (Å²) in [5, 5.41) is 11.6. The van der Waals surface area contributed by atoms with E-state index in [1.165, 1.54) is 5.56 Å². The molecule has 1 amide bonds. The number of nitrogens with one attached hydrogen (secondary N) is 1. The maximum absolute atomic E-state index is 12.0. The number of halogens is 1. The second-order valence-corrected chi connectivity index (χ2v) is 7.20. The molecule has 0 saturated carbocycles. The standard InChI is InChI=1S/C19H18ClN3O3S/c1-12-3-8-16(9-13(12)2)25-10-18-22-23-19(26-18)27-11-17(24)21-15-6-4-14(20)5-7-15/h3-9H,10-11H2,1-2H3,(H,21,24). The van der Waals surface area contributed by atoms with Crippen molar-refractivity contribution in [1.82, 2.24) is 10.2 Å². The summed E-state index contributed by atoms with van der Waals surface area (Å²) < 4.78 is 11.2. The van der Waals surface area contributed by atoms with Crippen LogP contribution in [0.15, 0.2) is 52.1 Å². The van der Waals surface area contributed by atoms with Crippen molar-refractivity contribution in [2.45, 2.75) is 25.7 Å². The maximum Gasteiger partial charge on any atom is 0.277 e. The van der Waals surface area contributed by atoms with Crippen LogP contribution in [0.25, 0.3) is 0 Å². The molecule has 0 saturated heterocycles. The van der Waals surface area contributed by atoms with E-state index in [4.69, 9.17) is 20.8 Å². The molecule has 0 unspecified atom stereocenters. The Hall–Kier alpha value is -2.51. The van der Waals surface area contributed by atoms with Gasteiger partial charge in [0.25, 0.3) is 11.1 Å². The van der Waals surface area contributed by atoms with Gasteiger partial charge in [0.1, 0.15) is 5.75 Å². The van der Waals surface area contributed by atoms with Gasteiger partial charge in [-0.05, 0) is 61.4 Å². The van der Waals surface area contributed by atoms with Gasteiger partial charge in [-0.25, -0.2) is 0 Å². The molecule has 1 heterocycles. The molecule has 0 radical (unpaired) electrons. The number of thioether (sulfide) groups is 1. The molecule has 0 aliphatic rings. The fourth-order valence-electron chi connectivity index (χ4n) is 2.16. The van der Waals surface area contributed by atoms with E-state index < -0.39 is 0 Å². The first kappa shape index (κ1) is 19.3. The molecule has 27 heavy (non-hydrogen) atoms. The number of ether oxygens (including phenoxy) is 1. The predicted molar refractivity (Wildman–Crippen MR) is 105 cm³/mol. The van der Waals surface area contributed by atoms with Crippen LogP contribution in [0.5, 0.6) is 5.75 Å². The van der Waals surface area contributed by atoms with E-state index in [1.807, 2.05) is 32.0 Å². The maximum atomic E-state index is 12.0. The van der Waals surface area contributed by atoms with Crippen molar-refractivity contribution >= 4 is 35.0 Å². The number of aryl methyl sites for hydroxylation is 2. The van der Waals surface area contributed by atoms with E-state index in [1.54, 1.807) is 24.3 Å². The lowest BCUT2D eigenvalue weighted by atomic mass is 10.1. The molecule has 1 aromatic heterocycles. The third kappa shape index (κ3) is 5.74. The molecule has 140 valence electrons. The smallest absolute Gasteiger partial charge is 0.277 e. The van der Waals surface area contributed by atoms with Crippen molar-refractivity contribution in [3.05, 3.63) is 64.5 Å². The quantitative estimate of drug-likeness (QED) is 0.578. The fraction of sp³-hybridized carbons (Fsp3) is 0.211. The Kier molecular flexibility index (Phi) is 6.36. The van der Waals surface area contributed by atoms with Crippen molar-refractivity contribution in [3.8, 4) is 5.75 Å². The average molecular weight is 404 g/mol. The van der Waals surface area contributed by atoms with Crippen LogP contribution in [0.3, 0.4) is 0 Å². The summed E-state index contributed by atoms with van der Waals surface area (Å²) in [6.07, 6.45) is 0. The molecule has 2 aromatic carbocycles. The Balaban J connectivity index is 1.46. The van der Waals surface area contributed by atoms with Gasteiger partial charge < -0.3 is 14.5 Å². The summed E-state index contributed by atoms with van der Waals surface area (Å²) in [6, 6.07) is 12.8. The van der Waals surface area contributed by atoms with E-state index in [2.05, 4.69) is 15.5 Å². The van der Waals surface area contributed by atoms with Crippen LogP contribution >= 0.6 is 23.4 Å². The zero-order valence-electron chi connectivity index (χ0n) is 14.9. The third-order valence-corrected chi connectivity index (χ3v) is 4.81. The summed E-state index contributed by atoms with van der Waals surface area (Å²) in [5.41, 5.74) is 3.04. The minimum atomic E-state index is -0.173. The number of anilines is 1. The van der Waals surface area contributed by atoms with Gasteiger partial charge in [0.2, 0.25) is 5.91 Å². The lowest BCUT2D eigenvalue weighted by Crippen LogP contribution is -2.13. The van der Waals surface area contributed by atoms with E-state index >= 15 is 0 Å². The van der Waals surface area contributed by atoms with Crippen molar-refractivity contribution in [2.75, 3.05) is 11.1 Å². The number of benzene rings is 2. The highest BCUT2D eigenvalue weighted by molar-refractivity contribution is 7.99. The molecule has 0 spiro atoms. The number of hydrogen-bond donors (Lipinski definition) is 1. The number of aromatic nitrogens is 2. The first-order valence-electron chi connectivity index (χ1n) is 8.20. The summed E-state index contributed by atoms with van der Waals surface area (Å²) in [7, 11) is 0. The highest BCUT2D eigenvalue weighted by atomic mass is 35.5. The highest BCUT2D eigenvalue weighted by Crippen LogP contribution is 2.20. The van der Waals surface area contributed by atoms with Crippen LogP contribution < -0.4 is 10.1 Å². The largest absolute Gasteiger partial charge is 0.484 e. The van der Waals surface area contributed by atoms with Gasteiger partial charge in [0.05, 0.1) is 5.75 Å². The van der Waals surface area contributed by atoms with Gasteiger partial charge in [0.15, 0.2) is 6.61 Å². The zero-order chi connectivity index (χ0) is 19.2. The minimum Gasteiger partial charge on any atom is -0.484 e. The Bertz CT molecular complexity index is 928. The van der Waals surface area contributed by atoms with Crippen LogP contribution in [0.1, 0.15) is 17.0 Å². The lowest BCUT2D eigenvalue weighted by molar-refractivity contribution is -0.113. The summed E-state index contributed by atoms with van der Waals surface area (Å²) in [5.74, 6) is 1.08. The summed E-state index contributed by atoms with van der Waals surface area (Å²) >= 11 is 6.98. The van der Waals surface area contributed by atoms with Crippen molar-refractivity contribution in [3.63, 3.8) is 0 Å². The van der Waals surface area contributed by atoms with E-state index in [0.717, 1.165) is 23.1 Å². The SMILES string of the molecule is Cc1ccc(OCc2nnc(SCC(=O)Nc3ccc(Cl)cc3)o2)cc1C.